The lowest BCUT2D eigenvalue weighted by atomic mass is 9.98. The number of aryl methyl sites for hydroxylation is 1. The van der Waals surface area contributed by atoms with E-state index in [9.17, 15) is 4.79 Å². The van der Waals surface area contributed by atoms with Crippen molar-refractivity contribution in [3.63, 3.8) is 0 Å². The summed E-state index contributed by atoms with van der Waals surface area (Å²) in [6.45, 7) is 4.04. The van der Waals surface area contributed by atoms with E-state index in [2.05, 4.69) is 4.98 Å². The van der Waals surface area contributed by atoms with Crippen molar-refractivity contribution in [1.82, 2.24) is 4.98 Å². The third kappa shape index (κ3) is 3.29. The summed E-state index contributed by atoms with van der Waals surface area (Å²) < 4.78 is 0. The summed E-state index contributed by atoms with van der Waals surface area (Å²) in [4.78, 5) is 15.5. The van der Waals surface area contributed by atoms with Gasteiger partial charge in [-0.25, -0.2) is 0 Å². The molecule has 0 aliphatic heterocycles. The number of rotatable bonds is 5. The van der Waals surface area contributed by atoms with Crippen LogP contribution >= 0.6 is 0 Å². The number of pyridine rings is 1. The highest BCUT2D eigenvalue weighted by atomic mass is 16.1. The largest absolute Gasteiger partial charge is 0.299 e. The van der Waals surface area contributed by atoms with Gasteiger partial charge in [-0.2, -0.15) is 0 Å². The molecule has 0 spiro atoms. The maximum absolute atomic E-state index is 11.5. The van der Waals surface area contributed by atoms with Crippen LogP contribution in [0.1, 0.15) is 32.3 Å². The first-order valence-electron chi connectivity index (χ1n) is 5.15. The highest BCUT2D eigenvalue weighted by Crippen LogP contribution is 2.08. The summed E-state index contributed by atoms with van der Waals surface area (Å²) in [5.74, 6) is 0.558. The number of ketones is 1. The van der Waals surface area contributed by atoms with Crippen LogP contribution < -0.4 is 0 Å². The van der Waals surface area contributed by atoms with Crippen molar-refractivity contribution in [2.24, 2.45) is 5.92 Å². The van der Waals surface area contributed by atoms with Crippen LogP contribution in [-0.4, -0.2) is 10.8 Å². The van der Waals surface area contributed by atoms with Gasteiger partial charge in [0.25, 0.3) is 0 Å². The molecule has 0 N–H and O–H groups in total. The Morgan fingerprint density at radius 1 is 1.57 bits per heavy atom. The minimum absolute atomic E-state index is 0.201. The van der Waals surface area contributed by atoms with E-state index in [1.54, 1.807) is 6.20 Å². The zero-order chi connectivity index (χ0) is 10.4. The van der Waals surface area contributed by atoms with Crippen molar-refractivity contribution in [1.29, 1.82) is 0 Å². The second kappa shape index (κ2) is 5.53. The lowest BCUT2D eigenvalue weighted by Gasteiger charge is -2.06. The molecule has 0 saturated heterocycles. The maximum atomic E-state index is 11.5. The Morgan fingerprint density at radius 3 is 2.93 bits per heavy atom. The third-order valence-electron chi connectivity index (χ3n) is 2.54. The molecule has 0 radical (unpaired) electrons. The molecule has 0 fully saturated rings. The van der Waals surface area contributed by atoms with Crippen LogP contribution in [0.2, 0.25) is 0 Å². The molecule has 0 aromatic carbocycles. The fraction of sp³-hybridized carbons (Fsp3) is 0.500. The van der Waals surface area contributed by atoms with Crippen LogP contribution in [0.3, 0.4) is 0 Å². The zero-order valence-corrected chi connectivity index (χ0v) is 8.86. The van der Waals surface area contributed by atoms with Crippen LogP contribution in [-0.2, 0) is 11.2 Å². The Balaban J connectivity index is 2.38. The van der Waals surface area contributed by atoms with Crippen molar-refractivity contribution in [3.05, 3.63) is 30.1 Å². The third-order valence-corrected chi connectivity index (χ3v) is 2.54. The lowest BCUT2D eigenvalue weighted by Crippen LogP contribution is -2.10. The average Bonchev–Trinajstić information content (AvgIpc) is 2.26. The minimum atomic E-state index is 0.201. The normalized spacial score (nSPS) is 12.4. The van der Waals surface area contributed by atoms with Gasteiger partial charge < -0.3 is 0 Å². The van der Waals surface area contributed by atoms with E-state index in [1.807, 2.05) is 32.2 Å². The van der Waals surface area contributed by atoms with Crippen molar-refractivity contribution in [3.8, 4) is 0 Å². The lowest BCUT2D eigenvalue weighted by molar-refractivity contribution is -0.122. The van der Waals surface area contributed by atoms with Crippen LogP contribution in [0.25, 0.3) is 0 Å². The highest BCUT2D eigenvalue weighted by molar-refractivity contribution is 5.80. The Hall–Kier alpha value is -1.18. The summed E-state index contributed by atoms with van der Waals surface area (Å²) in [7, 11) is 0. The van der Waals surface area contributed by atoms with E-state index in [0.29, 0.717) is 12.2 Å². The van der Waals surface area contributed by atoms with Gasteiger partial charge in [0.15, 0.2) is 0 Å². The van der Waals surface area contributed by atoms with Crippen LogP contribution in [0.5, 0.6) is 0 Å². The van der Waals surface area contributed by atoms with Gasteiger partial charge in [-0.15, -0.1) is 0 Å². The van der Waals surface area contributed by atoms with E-state index < -0.39 is 0 Å². The van der Waals surface area contributed by atoms with E-state index in [4.69, 9.17) is 0 Å². The molecular weight excluding hydrogens is 174 g/mol. The SMILES string of the molecule is CCC(C)C(=O)CCc1cccnc1. The van der Waals surface area contributed by atoms with Crippen molar-refractivity contribution >= 4 is 5.78 Å². The predicted molar refractivity (Wildman–Crippen MR) is 57.0 cm³/mol. The molecule has 0 saturated carbocycles. The van der Waals surface area contributed by atoms with Gasteiger partial charge in [0.05, 0.1) is 0 Å². The fourth-order valence-electron chi connectivity index (χ4n) is 1.29. The number of carbonyl (C=O) groups is 1. The summed E-state index contributed by atoms with van der Waals surface area (Å²) in [5, 5.41) is 0. The molecule has 0 amide bonds. The standard InChI is InChI=1S/C12H17NO/c1-3-10(2)12(14)7-6-11-5-4-8-13-9-11/h4-5,8-10H,3,6-7H2,1-2H3. The molecule has 1 aromatic rings. The van der Waals surface area contributed by atoms with Crippen molar-refractivity contribution in [2.45, 2.75) is 33.1 Å². The molecule has 2 nitrogen and oxygen atoms in total. The van der Waals surface area contributed by atoms with Crippen LogP contribution in [0.4, 0.5) is 0 Å². The second-order valence-corrected chi connectivity index (χ2v) is 3.64. The van der Waals surface area contributed by atoms with Crippen LogP contribution in [0.15, 0.2) is 24.5 Å². The number of nitrogens with zero attached hydrogens (tertiary/aromatic N) is 1. The second-order valence-electron chi connectivity index (χ2n) is 3.64. The van der Waals surface area contributed by atoms with E-state index in [0.717, 1.165) is 18.4 Å². The van der Waals surface area contributed by atoms with Gasteiger partial charge >= 0.3 is 0 Å². The minimum Gasteiger partial charge on any atom is -0.299 e. The molecule has 1 rings (SSSR count). The molecule has 0 bridgehead atoms. The van der Waals surface area contributed by atoms with Gasteiger partial charge in [0.1, 0.15) is 5.78 Å². The molecule has 1 aromatic heterocycles. The van der Waals surface area contributed by atoms with Gasteiger partial charge in [-0.3, -0.25) is 9.78 Å². The van der Waals surface area contributed by atoms with Gasteiger partial charge in [0.2, 0.25) is 0 Å². The molecule has 2 heteroatoms. The monoisotopic (exact) mass is 191 g/mol. The van der Waals surface area contributed by atoms with E-state index >= 15 is 0 Å². The summed E-state index contributed by atoms with van der Waals surface area (Å²) in [6, 6.07) is 3.92. The first kappa shape index (κ1) is 10.9. The Bertz CT molecular complexity index is 282. The molecule has 1 heterocycles. The van der Waals surface area contributed by atoms with Gasteiger partial charge in [0, 0.05) is 24.7 Å². The quantitative estimate of drug-likeness (QED) is 0.716. The molecular formula is C12H17NO. The summed E-state index contributed by atoms with van der Waals surface area (Å²) in [6.07, 6.45) is 5.97. The van der Waals surface area contributed by atoms with E-state index in [-0.39, 0.29) is 5.92 Å². The van der Waals surface area contributed by atoms with Crippen molar-refractivity contribution in [2.75, 3.05) is 0 Å². The molecule has 0 aliphatic rings. The van der Waals surface area contributed by atoms with E-state index in [1.165, 1.54) is 0 Å². The number of carbonyl (C=O) groups excluding carboxylic acids is 1. The Labute approximate surface area is 85.4 Å². The smallest absolute Gasteiger partial charge is 0.136 e. The van der Waals surface area contributed by atoms with Gasteiger partial charge in [-0.1, -0.05) is 19.9 Å². The number of Topliss-reactive ketones (excluding diaryl/α,β-unsaturated/α-hetero) is 1. The number of hydrogen-bond donors (Lipinski definition) is 0. The molecule has 1 unspecified atom stereocenters. The number of hydrogen-bond acceptors (Lipinski definition) is 2. The van der Waals surface area contributed by atoms with Crippen LogP contribution in [0, 0.1) is 5.92 Å². The summed E-state index contributed by atoms with van der Waals surface area (Å²) >= 11 is 0. The highest BCUT2D eigenvalue weighted by Gasteiger charge is 2.09. The first-order chi connectivity index (χ1) is 6.74. The molecule has 14 heavy (non-hydrogen) atoms. The fourth-order valence-corrected chi connectivity index (χ4v) is 1.29. The first-order valence-corrected chi connectivity index (χ1v) is 5.15. The van der Waals surface area contributed by atoms with Crippen molar-refractivity contribution < 1.29 is 4.79 Å². The molecule has 0 aliphatic carbocycles. The van der Waals surface area contributed by atoms with Gasteiger partial charge in [-0.05, 0) is 24.5 Å². The predicted octanol–water partition coefficient (Wildman–Crippen LogP) is 2.63. The molecule has 76 valence electrons. The molecule has 1 atom stereocenters. The zero-order valence-electron chi connectivity index (χ0n) is 8.86. The summed E-state index contributed by atoms with van der Waals surface area (Å²) in [5.41, 5.74) is 1.14. The maximum Gasteiger partial charge on any atom is 0.136 e. The average molecular weight is 191 g/mol. The Morgan fingerprint density at radius 2 is 2.36 bits per heavy atom. The Kier molecular flexibility index (Phi) is 4.30. The number of aromatic nitrogens is 1. The topological polar surface area (TPSA) is 30.0 Å².